The second-order valence-electron chi connectivity index (χ2n) is 7.02. The molecule has 2 aromatic heterocycles. The van der Waals surface area contributed by atoms with E-state index in [4.69, 9.17) is 0 Å². The van der Waals surface area contributed by atoms with Gasteiger partial charge in [0.1, 0.15) is 0 Å². The van der Waals surface area contributed by atoms with Gasteiger partial charge in [0.05, 0.1) is 6.04 Å². The minimum Gasteiger partial charge on any atom is -0.361 e. The molecule has 4 nitrogen and oxygen atoms in total. The maximum atomic E-state index is 12.6. The van der Waals surface area contributed by atoms with Crippen LogP contribution < -0.4 is 5.32 Å². The van der Waals surface area contributed by atoms with Crippen LogP contribution in [0.3, 0.4) is 0 Å². The van der Waals surface area contributed by atoms with Crippen LogP contribution in [0.5, 0.6) is 0 Å². The SMILES string of the molecule is C[C@H](NC[C@H](c1cccs1)c1c[nH]c2ccccc12)C(=O)N1CCCC1. The summed E-state index contributed by atoms with van der Waals surface area (Å²) in [4.78, 5) is 19.3. The van der Waals surface area contributed by atoms with Crippen molar-refractivity contribution in [3.05, 3.63) is 58.4 Å². The van der Waals surface area contributed by atoms with Crippen molar-refractivity contribution in [1.29, 1.82) is 0 Å². The molecule has 0 bridgehead atoms. The van der Waals surface area contributed by atoms with Gasteiger partial charge in [-0.25, -0.2) is 0 Å². The smallest absolute Gasteiger partial charge is 0.239 e. The maximum Gasteiger partial charge on any atom is 0.239 e. The van der Waals surface area contributed by atoms with Crippen molar-refractivity contribution in [2.45, 2.75) is 31.7 Å². The van der Waals surface area contributed by atoms with Crippen molar-refractivity contribution in [2.75, 3.05) is 19.6 Å². The Morgan fingerprint density at radius 2 is 2.04 bits per heavy atom. The zero-order valence-electron chi connectivity index (χ0n) is 15.1. The lowest BCUT2D eigenvalue weighted by Gasteiger charge is -2.23. The third-order valence-corrected chi connectivity index (χ3v) is 6.29. The molecule has 4 rings (SSSR count). The summed E-state index contributed by atoms with van der Waals surface area (Å²) in [6, 6.07) is 12.5. The number of hydrogen-bond donors (Lipinski definition) is 2. The molecular formula is C21H25N3OS. The molecule has 0 unspecified atom stereocenters. The van der Waals surface area contributed by atoms with E-state index in [0.29, 0.717) is 0 Å². The molecular weight excluding hydrogens is 342 g/mol. The number of aromatic nitrogens is 1. The Kier molecular flexibility index (Phi) is 5.09. The standard InChI is InChI=1S/C21H25N3OS/c1-15(21(25)24-10-4-5-11-24)22-14-18(20-9-6-12-26-20)17-13-23-19-8-3-2-7-16(17)19/h2-3,6-9,12-13,15,18,22-23H,4-5,10-11,14H2,1H3/t15-,18-/m0/s1. The van der Waals surface area contributed by atoms with Crippen LogP contribution in [0.2, 0.25) is 0 Å². The third-order valence-electron chi connectivity index (χ3n) is 5.30. The van der Waals surface area contributed by atoms with Crippen LogP contribution >= 0.6 is 11.3 Å². The van der Waals surface area contributed by atoms with E-state index < -0.39 is 0 Å². The van der Waals surface area contributed by atoms with E-state index in [0.717, 1.165) is 38.0 Å². The van der Waals surface area contributed by atoms with Crippen LogP contribution in [0, 0.1) is 0 Å². The van der Waals surface area contributed by atoms with Crippen molar-refractivity contribution >= 4 is 28.1 Å². The van der Waals surface area contributed by atoms with E-state index in [1.54, 1.807) is 11.3 Å². The largest absolute Gasteiger partial charge is 0.361 e. The van der Waals surface area contributed by atoms with Crippen LogP contribution in [0.25, 0.3) is 10.9 Å². The van der Waals surface area contributed by atoms with Crippen LogP contribution in [0.15, 0.2) is 48.0 Å². The van der Waals surface area contributed by atoms with Gasteiger partial charge in [-0.15, -0.1) is 11.3 Å². The van der Waals surface area contributed by atoms with Crippen LogP contribution in [0.1, 0.15) is 36.1 Å². The van der Waals surface area contributed by atoms with Gasteiger partial charge >= 0.3 is 0 Å². The molecule has 1 aliphatic heterocycles. The van der Waals surface area contributed by atoms with Crippen molar-refractivity contribution in [1.82, 2.24) is 15.2 Å². The minimum atomic E-state index is -0.152. The molecule has 26 heavy (non-hydrogen) atoms. The summed E-state index contributed by atoms with van der Waals surface area (Å²) in [5.41, 5.74) is 2.45. The lowest BCUT2D eigenvalue weighted by molar-refractivity contribution is -0.131. The van der Waals surface area contributed by atoms with Gasteiger partial charge in [-0.1, -0.05) is 24.3 Å². The van der Waals surface area contributed by atoms with Gasteiger partial charge in [-0.2, -0.15) is 0 Å². The van der Waals surface area contributed by atoms with E-state index in [2.05, 4.69) is 58.3 Å². The summed E-state index contributed by atoms with van der Waals surface area (Å²) < 4.78 is 0. The number of thiophene rings is 1. The van der Waals surface area contributed by atoms with Gasteiger partial charge in [0.2, 0.25) is 5.91 Å². The molecule has 136 valence electrons. The zero-order valence-corrected chi connectivity index (χ0v) is 15.9. The van der Waals surface area contributed by atoms with Crippen molar-refractivity contribution in [2.24, 2.45) is 0 Å². The van der Waals surface area contributed by atoms with E-state index in [-0.39, 0.29) is 17.9 Å². The molecule has 2 N–H and O–H groups in total. The molecule has 1 fully saturated rings. The molecule has 3 heterocycles. The Balaban J connectivity index is 1.54. The number of rotatable bonds is 6. The Bertz CT molecular complexity index is 864. The highest BCUT2D eigenvalue weighted by Crippen LogP contribution is 2.32. The molecule has 1 aliphatic rings. The Morgan fingerprint density at radius 3 is 2.81 bits per heavy atom. The van der Waals surface area contributed by atoms with Crippen LogP contribution in [-0.2, 0) is 4.79 Å². The van der Waals surface area contributed by atoms with Gasteiger partial charge in [0.25, 0.3) is 0 Å². The first-order valence-electron chi connectivity index (χ1n) is 9.35. The summed E-state index contributed by atoms with van der Waals surface area (Å²) in [6.07, 6.45) is 4.38. The number of amides is 1. The van der Waals surface area contributed by atoms with Gasteiger partial charge in [-0.05, 0) is 42.8 Å². The average molecular weight is 368 g/mol. The summed E-state index contributed by atoms with van der Waals surface area (Å²) >= 11 is 1.77. The van der Waals surface area contributed by atoms with Crippen molar-refractivity contribution in [3.8, 4) is 0 Å². The number of carbonyl (C=O) groups excluding carboxylic acids is 1. The third kappa shape index (κ3) is 3.41. The number of H-pyrrole nitrogens is 1. The quantitative estimate of drug-likeness (QED) is 0.693. The second kappa shape index (κ2) is 7.64. The topological polar surface area (TPSA) is 48.1 Å². The number of para-hydroxylation sites is 1. The summed E-state index contributed by atoms with van der Waals surface area (Å²) in [5, 5.41) is 6.88. The maximum absolute atomic E-state index is 12.6. The van der Waals surface area contributed by atoms with E-state index in [9.17, 15) is 4.79 Å². The highest BCUT2D eigenvalue weighted by atomic mass is 32.1. The Labute approximate surface area is 158 Å². The van der Waals surface area contributed by atoms with Gasteiger partial charge in [-0.3, -0.25) is 4.79 Å². The molecule has 0 aliphatic carbocycles. The van der Waals surface area contributed by atoms with Gasteiger partial charge in [0, 0.05) is 47.5 Å². The first kappa shape index (κ1) is 17.3. The highest BCUT2D eigenvalue weighted by Gasteiger charge is 2.25. The van der Waals surface area contributed by atoms with Crippen LogP contribution in [-0.4, -0.2) is 41.5 Å². The Hall–Kier alpha value is -2.11. The van der Waals surface area contributed by atoms with Crippen molar-refractivity contribution < 1.29 is 4.79 Å². The number of nitrogens with zero attached hydrogens (tertiary/aromatic N) is 1. The Morgan fingerprint density at radius 1 is 1.23 bits per heavy atom. The lowest BCUT2D eigenvalue weighted by Crippen LogP contribution is -2.44. The average Bonchev–Trinajstić information content (AvgIpc) is 3.42. The molecule has 1 saturated heterocycles. The summed E-state index contributed by atoms with van der Waals surface area (Å²) in [5.74, 6) is 0.464. The predicted molar refractivity (Wildman–Crippen MR) is 108 cm³/mol. The van der Waals surface area contributed by atoms with Crippen LogP contribution in [0.4, 0.5) is 0 Å². The van der Waals surface area contributed by atoms with Gasteiger partial charge < -0.3 is 15.2 Å². The summed E-state index contributed by atoms with van der Waals surface area (Å²) in [6.45, 7) is 4.55. The molecule has 0 spiro atoms. The molecule has 1 amide bonds. The number of carbonyl (C=O) groups is 1. The molecule has 5 heteroatoms. The first-order chi connectivity index (χ1) is 12.7. The number of likely N-dealkylation sites (tertiary alicyclic amines) is 1. The number of aromatic amines is 1. The highest BCUT2D eigenvalue weighted by molar-refractivity contribution is 7.10. The molecule has 0 radical (unpaired) electrons. The fourth-order valence-electron chi connectivity index (χ4n) is 3.83. The van der Waals surface area contributed by atoms with Gasteiger partial charge in [0.15, 0.2) is 0 Å². The predicted octanol–water partition coefficient (Wildman–Crippen LogP) is 3.96. The lowest BCUT2D eigenvalue weighted by atomic mass is 9.96. The second-order valence-corrected chi connectivity index (χ2v) is 8.00. The fraction of sp³-hybridized carbons (Fsp3) is 0.381. The number of fused-ring (bicyclic) bond motifs is 1. The van der Waals surface area contributed by atoms with E-state index in [1.807, 2.05) is 11.8 Å². The first-order valence-corrected chi connectivity index (χ1v) is 10.2. The monoisotopic (exact) mass is 367 g/mol. The fourth-order valence-corrected chi connectivity index (χ4v) is 4.67. The normalized spacial score (nSPS) is 16.9. The number of hydrogen-bond acceptors (Lipinski definition) is 3. The summed E-state index contributed by atoms with van der Waals surface area (Å²) in [7, 11) is 0. The van der Waals surface area contributed by atoms with E-state index >= 15 is 0 Å². The molecule has 1 aromatic carbocycles. The number of nitrogens with one attached hydrogen (secondary N) is 2. The molecule has 2 atom stereocenters. The molecule has 0 saturated carbocycles. The molecule has 3 aromatic rings. The van der Waals surface area contributed by atoms with E-state index in [1.165, 1.54) is 15.8 Å². The van der Waals surface area contributed by atoms with Crippen molar-refractivity contribution in [3.63, 3.8) is 0 Å². The number of benzene rings is 1. The minimum absolute atomic E-state index is 0.152. The zero-order chi connectivity index (χ0) is 17.9.